The van der Waals surface area contributed by atoms with Crippen molar-refractivity contribution in [3.05, 3.63) is 28.2 Å². The lowest BCUT2D eigenvalue weighted by atomic mass is 10.2. The Morgan fingerprint density at radius 3 is 2.62 bits per heavy atom. The zero-order valence-electron chi connectivity index (χ0n) is 7.84. The zero-order chi connectivity index (χ0) is 9.68. The molecule has 0 heterocycles. The van der Waals surface area contributed by atoms with Gasteiger partial charge in [0.2, 0.25) is 0 Å². The van der Waals surface area contributed by atoms with Crippen LogP contribution >= 0.6 is 15.9 Å². The van der Waals surface area contributed by atoms with E-state index in [2.05, 4.69) is 15.9 Å². The van der Waals surface area contributed by atoms with E-state index in [1.165, 1.54) is 5.56 Å². The number of ether oxygens (including phenoxy) is 2. The summed E-state index contributed by atoms with van der Waals surface area (Å²) in [5.41, 5.74) is 1.18. The Hall–Kier alpha value is -0.540. The van der Waals surface area contributed by atoms with Crippen LogP contribution in [0.4, 0.5) is 0 Å². The molecule has 0 aromatic heterocycles. The van der Waals surface area contributed by atoms with E-state index in [0.29, 0.717) is 13.2 Å². The van der Waals surface area contributed by atoms with Crippen LogP contribution in [0, 0.1) is 6.92 Å². The van der Waals surface area contributed by atoms with E-state index in [1.54, 1.807) is 7.11 Å². The van der Waals surface area contributed by atoms with Crippen molar-refractivity contribution in [1.29, 1.82) is 0 Å². The summed E-state index contributed by atoms with van der Waals surface area (Å²) in [6.07, 6.45) is 0. The summed E-state index contributed by atoms with van der Waals surface area (Å²) < 4.78 is 11.4. The van der Waals surface area contributed by atoms with Crippen molar-refractivity contribution in [2.45, 2.75) is 6.92 Å². The highest BCUT2D eigenvalue weighted by Crippen LogP contribution is 2.20. The summed E-state index contributed by atoms with van der Waals surface area (Å²) >= 11 is 3.41. The lowest BCUT2D eigenvalue weighted by Crippen LogP contribution is -2.04. The normalized spacial score (nSPS) is 10.1. The molecule has 0 aliphatic carbocycles. The lowest BCUT2D eigenvalue weighted by molar-refractivity contribution is 0.146. The van der Waals surface area contributed by atoms with E-state index in [-0.39, 0.29) is 0 Å². The van der Waals surface area contributed by atoms with E-state index in [1.807, 2.05) is 25.1 Å². The predicted octanol–water partition coefficient (Wildman–Crippen LogP) is 2.78. The Balaban J connectivity index is 2.56. The molecule has 0 fully saturated rings. The monoisotopic (exact) mass is 244 g/mol. The molecule has 0 amide bonds. The van der Waals surface area contributed by atoms with Crippen LogP contribution < -0.4 is 4.74 Å². The van der Waals surface area contributed by atoms with E-state index in [4.69, 9.17) is 9.47 Å². The SMILES string of the molecule is COCCOc1cc(C)cc(Br)c1. The van der Waals surface area contributed by atoms with Crippen LogP contribution in [0.25, 0.3) is 0 Å². The molecule has 2 nitrogen and oxygen atoms in total. The summed E-state index contributed by atoms with van der Waals surface area (Å²) in [6.45, 7) is 3.24. The van der Waals surface area contributed by atoms with Gasteiger partial charge in [-0.3, -0.25) is 0 Å². The Labute approximate surface area is 87.0 Å². The first-order valence-electron chi connectivity index (χ1n) is 4.11. The second-order valence-corrected chi connectivity index (χ2v) is 3.72. The van der Waals surface area contributed by atoms with Crippen molar-refractivity contribution in [3.63, 3.8) is 0 Å². The molecule has 0 aliphatic heterocycles. The highest BCUT2D eigenvalue weighted by Gasteiger charge is 1.96. The molecule has 1 aromatic carbocycles. The van der Waals surface area contributed by atoms with Gasteiger partial charge in [0.05, 0.1) is 6.61 Å². The molecule has 0 spiro atoms. The van der Waals surface area contributed by atoms with E-state index < -0.39 is 0 Å². The molecule has 72 valence electrons. The summed E-state index contributed by atoms with van der Waals surface area (Å²) in [7, 11) is 1.66. The van der Waals surface area contributed by atoms with Gasteiger partial charge in [-0.2, -0.15) is 0 Å². The fourth-order valence-electron chi connectivity index (χ4n) is 1.03. The minimum absolute atomic E-state index is 0.590. The molecule has 0 atom stereocenters. The number of halogens is 1. The Bertz CT molecular complexity index is 253. The number of hydrogen-bond acceptors (Lipinski definition) is 2. The largest absolute Gasteiger partial charge is 0.491 e. The first-order valence-corrected chi connectivity index (χ1v) is 4.90. The third-order valence-corrected chi connectivity index (χ3v) is 2.03. The number of rotatable bonds is 4. The van der Waals surface area contributed by atoms with Crippen molar-refractivity contribution in [2.24, 2.45) is 0 Å². The van der Waals surface area contributed by atoms with Gasteiger partial charge in [-0.05, 0) is 30.7 Å². The molecule has 0 bridgehead atoms. The first kappa shape index (κ1) is 10.5. The van der Waals surface area contributed by atoms with Crippen LogP contribution in [0.15, 0.2) is 22.7 Å². The van der Waals surface area contributed by atoms with Crippen LogP contribution in [0.1, 0.15) is 5.56 Å². The van der Waals surface area contributed by atoms with Crippen molar-refractivity contribution in [1.82, 2.24) is 0 Å². The number of aryl methyl sites for hydroxylation is 1. The number of methoxy groups -OCH3 is 1. The van der Waals surface area contributed by atoms with Gasteiger partial charge in [-0.25, -0.2) is 0 Å². The van der Waals surface area contributed by atoms with Crippen LogP contribution in [-0.2, 0) is 4.74 Å². The minimum Gasteiger partial charge on any atom is -0.491 e. The highest BCUT2D eigenvalue weighted by atomic mass is 79.9. The molecule has 1 rings (SSSR count). The average Bonchev–Trinajstić information content (AvgIpc) is 2.03. The molecule has 13 heavy (non-hydrogen) atoms. The maximum atomic E-state index is 5.45. The van der Waals surface area contributed by atoms with Gasteiger partial charge in [-0.1, -0.05) is 15.9 Å². The van der Waals surface area contributed by atoms with E-state index >= 15 is 0 Å². The molecule has 1 aromatic rings. The average molecular weight is 245 g/mol. The van der Waals surface area contributed by atoms with Crippen LogP contribution in [-0.4, -0.2) is 20.3 Å². The zero-order valence-corrected chi connectivity index (χ0v) is 9.43. The summed E-state index contributed by atoms with van der Waals surface area (Å²) in [4.78, 5) is 0. The second-order valence-electron chi connectivity index (χ2n) is 2.81. The van der Waals surface area contributed by atoms with Crippen molar-refractivity contribution in [2.75, 3.05) is 20.3 Å². The highest BCUT2D eigenvalue weighted by molar-refractivity contribution is 9.10. The van der Waals surface area contributed by atoms with Crippen molar-refractivity contribution >= 4 is 15.9 Å². The maximum Gasteiger partial charge on any atom is 0.120 e. The fraction of sp³-hybridized carbons (Fsp3) is 0.400. The molecule has 0 unspecified atom stereocenters. The molecule has 0 saturated carbocycles. The standard InChI is InChI=1S/C10H13BrO2/c1-8-5-9(11)7-10(6-8)13-4-3-12-2/h5-7H,3-4H2,1-2H3. The first-order chi connectivity index (χ1) is 6.22. The van der Waals surface area contributed by atoms with E-state index in [9.17, 15) is 0 Å². The number of benzene rings is 1. The Kier molecular flexibility index (Phi) is 4.25. The fourth-order valence-corrected chi connectivity index (χ4v) is 1.62. The smallest absolute Gasteiger partial charge is 0.120 e. The van der Waals surface area contributed by atoms with Gasteiger partial charge in [-0.15, -0.1) is 0 Å². The number of hydrogen-bond donors (Lipinski definition) is 0. The Morgan fingerprint density at radius 2 is 2.00 bits per heavy atom. The van der Waals surface area contributed by atoms with Gasteiger partial charge in [0.1, 0.15) is 12.4 Å². The molecular weight excluding hydrogens is 232 g/mol. The van der Waals surface area contributed by atoms with Crippen molar-refractivity contribution < 1.29 is 9.47 Å². The topological polar surface area (TPSA) is 18.5 Å². The quantitative estimate of drug-likeness (QED) is 0.759. The molecular formula is C10H13BrO2. The molecule has 0 N–H and O–H groups in total. The van der Waals surface area contributed by atoms with Gasteiger partial charge in [0.25, 0.3) is 0 Å². The third kappa shape index (κ3) is 3.79. The van der Waals surface area contributed by atoms with Gasteiger partial charge >= 0.3 is 0 Å². The van der Waals surface area contributed by atoms with Crippen LogP contribution in [0.3, 0.4) is 0 Å². The van der Waals surface area contributed by atoms with Crippen LogP contribution in [0.2, 0.25) is 0 Å². The maximum absolute atomic E-state index is 5.45. The third-order valence-electron chi connectivity index (χ3n) is 1.57. The molecule has 3 heteroatoms. The van der Waals surface area contributed by atoms with Crippen LogP contribution in [0.5, 0.6) is 5.75 Å². The summed E-state index contributed by atoms with van der Waals surface area (Å²) in [5.74, 6) is 0.879. The van der Waals surface area contributed by atoms with Gasteiger partial charge in [0, 0.05) is 11.6 Å². The van der Waals surface area contributed by atoms with Gasteiger partial charge in [0.15, 0.2) is 0 Å². The minimum atomic E-state index is 0.590. The van der Waals surface area contributed by atoms with Gasteiger partial charge < -0.3 is 9.47 Å². The second kappa shape index (κ2) is 5.25. The summed E-state index contributed by atoms with van der Waals surface area (Å²) in [5, 5.41) is 0. The lowest BCUT2D eigenvalue weighted by Gasteiger charge is -2.06. The van der Waals surface area contributed by atoms with E-state index in [0.717, 1.165) is 10.2 Å². The molecule has 0 saturated heterocycles. The van der Waals surface area contributed by atoms with Crippen molar-refractivity contribution in [3.8, 4) is 5.75 Å². The molecule has 0 aliphatic rings. The Morgan fingerprint density at radius 1 is 1.23 bits per heavy atom. The predicted molar refractivity (Wildman–Crippen MR) is 56.3 cm³/mol. The summed E-state index contributed by atoms with van der Waals surface area (Å²) in [6, 6.07) is 5.99. The molecule has 0 radical (unpaired) electrons.